The number of hydrogen-bond acceptors (Lipinski definition) is 5. The topological polar surface area (TPSA) is 53.1 Å². The summed E-state index contributed by atoms with van der Waals surface area (Å²) in [6.45, 7) is 2.99. The van der Waals surface area contributed by atoms with E-state index in [0.717, 1.165) is 30.2 Å². The molecule has 0 fully saturated rings. The summed E-state index contributed by atoms with van der Waals surface area (Å²) < 4.78 is 0. The molecule has 0 saturated carbocycles. The van der Waals surface area contributed by atoms with Gasteiger partial charge in [0.15, 0.2) is 0 Å². The summed E-state index contributed by atoms with van der Waals surface area (Å²) in [5.41, 5.74) is 2.15. The van der Waals surface area contributed by atoms with Gasteiger partial charge in [-0.05, 0) is 24.6 Å². The number of para-hydroxylation sites is 2. The fraction of sp³-hybridized carbons (Fsp3) is 0.333. The number of hydrogen-bond donors (Lipinski definition) is 2. The number of anilines is 4. The Kier molecular flexibility index (Phi) is 4.76. The van der Waals surface area contributed by atoms with Crippen LogP contribution in [0, 0.1) is 0 Å². The molecular formula is C15H21N5. The molecule has 0 bridgehead atoms. The van der Waals surface area contributed by atoms with Crippen LogP contribution in [0.4, 0.5) is 23.1 Å². The maximum Gasteiger partial charge on any atom is 0.224 e. The van der Waals surface area contributed by atoms with Crippen molar-refractivity contribution >= 4 is 23.1 Å². The summed E-state index contributed by atoms with van der Waals surface area (Å²) in [5.74, 6) is 1.44. The normalized spacial score (nSPS) is 10.2. The van der Waals surface area contributed by atoms with Crippen LogP contribution >= 0.6 is 0 Å². The van der Waals surface area contributed by atoms with Crippen LogP contribution < -0.4 is 15.5 Å². The second-order valence-electron chi connectivity index (χ2n) is 4.73. The molecule has 0 saturated heterocycles. The Morgan fingerprint density at radius 1 is 1.15 bits per heavy atom. The van der Waals surface area contributed by atoms with Gasteiger partial charge in [0.2, 0.25) is 5.95 Å². The highest BCUT2D eigenvalue weighted by atomic mass is 15.2. The van der Waals surface area contributed by atoms with Gasteiger partial charge in [-0.25, -0.2) is 4.98 Å². The molecule has 1 aromatic heterocycles. The van der Waals surface area contributed by atoms with Gasteiger partial charge in [0.25, 0.3) is 0 Å². The van der Waals surface area contributed by atoms with E-state index in [1.165, 1.54) is 0 Å². The van der Waals surface area contributed by atoms with Crippen LogP contribution in [0.3, 0.4) is 0 Å². The van der Waals surface area contributed by atoms with E-state index in [0.29, 0.717) is 5.95 Å². The van der Waals surface area contributed by atoms with Crippen molar-refractivity contribution < 1.29 is 0 Å². The SMILES string of the molecule is CCCNc1nccc(Nc2ccccc2N(C)C)n1. The molecule has 2 N–H and O–H groups in total. The van der Waals surface area contributed by atoms with E-state index in [9.17, 15) is 0 Å². The molecule has 0 aliphatic carbocycles. The number of aromatic nitrogens is 2. The second-order valence-corrected chi connectivity index (χ2v) is 4.73. The highest BCUT2D eigenvalue weighted by Crippen LogP contribution is 2.26. The van der Waals surface area contributed by atoms with Crippen LogP contribution in [-0.2, 0) is 0 Å². The fourth-order valence-corrected chi connectivity index (χ4v) is 1.86. The van der Waals surface area contributed by atoms with Crippen molar-refractivity contribution in [3.63, 3.8) is 0 Å². The first-order chi connectivity index (χ1) is 9.70. The summed E-state index contributed by atoms with van der Waals surface area (Å²) in [6.07, 6.45) is 2.80. The van der Waals surface area contributed by atoms with Crippen molar-refractivity contribution in [3.05, 3.63) is 36.5 Å². The quantitative estimate of drug-likeness (QED) is 0.845. The molecule has 106 valence electrons. The molecule has 5 heteroatoms. The van der Waals surface area contributed by atoms with Gasteiger partial charge in [0.1, 0.15) is 5.82 Å². The van der Waals surface area contributed by atoms with Crippen LogP contribution in [-0.4, -0.2) is 30.6 Å². The molecule has 0 radical (unpaired) electrons. The van der Waals surface area contributed by atoms with Gasteiger partial charge in [-0.15, -0.1) is 0 Å². The van der Waals surface area contributed by atoms with Crippen LogP contribution in [0.15, 0.2) is 36.5 Å². The third-order valence-electron chi connectivity index (χ3n) is 2.84. The van der Waals surface area contributed by atoms with E-state index >= 15 is 0 Å². The van der Waals surface area contributed by atoms with Crippen molar-refractivity contribution in [2.45, 2.75) is 13.3 Å². The van der Waals surface area contributed by atoms with E-state index in [2.05, 4.69) is 38.5 Å². The lowest BCUT2D eigenvalue weighted by atomic mass is 10.2. The van der Waals surface area contributed by atoms with E-state index in [1.54, 1.807) is 6.20 Å². The van der Waals surface area contributed by atoms with E-state index < -0.39 is 0 Å². The molecule has 1 heterocycles. The zero-order chi connectivity index (χ0) is 14.4. The predicted molar refractivity (Wildman–Crippen MR) is 84.9 cm³/mol. The zero-order valence-electron chi connectivity index (χ0n) is 12.2. The lowest BCUT2D eigenvalue weighted by Crippen LogP contribution is -2.11. The first kappa shape index (κ1) is 14.1. The van der Waals surface area contributed by atoms with E-state index in [-0.39, 0.29) is 0 Å². The maximum absolute atomic E-state index is 4.45. The summed E-state index contributed by atoms with van der Waals surface area (Å²) in [5, 5.41) is 6.52. The summed E-state index contributed by atoms with van der Waals surface area (Å²) >= 11 is 0. The van der Waals surface area contributed by atoms with Gasteiger partial charge in [0.05, 0.1) is 11.4 Å². The summed E-state index contributed by atoms with van der Waals surface area (Å²) in [4.78, 5) is 10.7. The smallest absolute Gasteiger partial charge is 0.224 e. The van der Waals surface area contributed by atoms with Crippen molar-refractivity contribution in [2.75, 3.05) is 36.2 Å². The van der Waals surface area contributed by atoms with Crippen molar-refractivity contribution in [1.82, 2.24) is 9.97 Å². The minimum Gasteiger partial charge on any atom is -0.376 e. The Hall–Kier alpha value is -2.30. The van der Waals surface area contributed by atoms with E-state index in [4.69, 9.17) is 0 Å². The minimum absolute atomic E-state index is 0.652. The number of nitrogens with one attached hydrogen (secondary N) is 2. The molecule has 2 aromatic rings. The van der Waals surface area contributed by atoms with Gasteiger partial charge >= 0.3 is 0 Å². The standard InChI is InChI=1S/C15H21N5/c1-4-10-16-15-17-11-9-14(19-15)18-12-7-5-6-8-13(12)20(2)3/h5-9,11H,4,10H2,1-3H3,(H2,16,17,18,19). The molecule has 0 aliphatic rings. The molecule has 0 unspecified atom stereocenters. The lowest BCUT2D eigenvalue weighted by Gasteiger charge is -2.18. The Balaban J connectivity index is 2.17. The Morgan fingerprint density at radius 3 is 2.70 bits per heavy atom. The number of benzene rings is 1. The zero-order valence-corrected chi connectivity index (χ0v) is 12.2. The van der Waals surface area contributed by atoms with Gasteiger partial charge in [-0.3, -0.25) is 0 Å². The van der Waals surface area contributed by atoms with Crippen molar-refractivity contribution in [2.24, 2.45) is 0 Å². The molecule has 0 spiro atoms. The van der Waals surface area contributed by atoms with Gasteiger partial charge < -0.3 is 15.5 Å². The Labute approximate surface area is 120 Å². The molecule has 20 heavy (non-hydrogen) atoms. The van der Waals surface area contributed by atoms with Crippen LogP contribution in [0.5, 0.6) is 0 Å². The molecule has 0 aliphatic heterocycles. The Bertz CT molecular complexity index is 553. The van der Waals surface area contributed by atoms with Gasteiger partial charge in [-0.1, -0.05) is 19.1 Å². The molecule has 1 aromatic carbocycles. The highest BCUT2D eigenvalue weighted by Gasteiger charge is 2.05. The molecular weight excluding hydrogens is 250 g/mol. The van der Waals surface area contributed by atoms with E-state index in [1.807, 2.05) is 38.4 Å². The average molecular weight is 271 g/mol. The first-order valence-corrected chi connectivity index (χ1v) is 6.81. The van der Waals surface area contributed by atoms with Gasteiger partial charge in [0, 0.05) is 26.8 Å². The summed E-state index contributed by atoms with van der Waals surface area (Å²) in [6, 6.07) is 10.0. The third-order valence-corrected chi connectivity index (χ3v) is 2.84. The fourth-order valence-electron chi connectivity index (χ4n) is 1.86. The molecule has 0 amide bonds. The molecule has 2 rings (SSSR count). The van der Waals surface area contributed by atoms with Crippen LogP contribution in [0.25, 0.3) is 0 Å². The largest absolute Gasteiger partial charge is 0.376 e. The van der Waals surface area contributed by atoms with Crippen molar-refractivity contribution in [1.29, 1.82) is 0 Å². The maximum atomic E-state index is 4.45. The van der Waals surface area contributed by atoms with Crippen molar-refractivity contribution in [3.8, 4) is 0 Å². The predicted octanol–water partition coefficient (Wildman–Crippen LogP) is 3.11. The number of rotatable bonds is 6. The lowest BCUT2D eigenvalue weighted by molar-refractivity contribution is 0.953. The third kappa shape index (κ3) is 3.60. The summed E-state index contributed by atoms with van der Waals surface area (Å²) in [7, 11) is 4.05. The van der Waals surface area contributed by atoms with Gasteiger partial charge in [-0.2, -0.15) is 4.98 Å². The Morgan fingerprint density at radius 2 is 1.95 bits per heavy atom. The van der Waals surface area contributed by atoms with Crippen LogP contribution in [0.2, 0.25) is 0 Å². The second kappa shape index (κ2) is 6.75. The molecule has 5 nitrogen and oxygen atoms in total. The first-order valence-electron chi connectivity index (χ1n) is 6.81. The highest BCUT2D eigenvalue weighted by molar-refractivity contribution is 5.73. The average Bonchev–Trinajstić information content (AvgIpc) is 2.46. The number of nitrogens with zero attached hydrogens (tertiary/aromatic N) is 3. The minimum atomic E-state index is 0.652. The monoisotopic (exact) mass is 271 g/mol. The molecule has 0 atom stereocenters. The van der Waals surface area contributed by atoms with Crippen LogP contribution in [0.1, 0.15) is 13.3 Å².